The van der Waals surface area contributed by atoms with Gasteiger partial charge in [0, 0.05) is 5.41 Å². The van der Waals surface area contributed by atoms with E-state index in [2.05, 4.69) is 40.7 Å². The molecule has 0 amide bonds. The first-order chi connectivity index (χ1) is 32.5. The zero-order valence-electron chi connectivity index (χ0n) is 41.1. The first-order valence-corrected chi connectivity index (χ1v) is 26.4. The van der Waals surface area contributed by atoms with Crippen molar-refractivity contribution in [2.75, 3.05) is 19.8 Å². The van der Waals surface area contributed by atoms with Crippen molar-refractivity contribution in [3.8, 4) is 0 Å². The third-order valence-corrected chi connectivity index (χ3v) is 21.1. The molecule has 0 bridgehead atoms. The number of fused-ring (bicyclic) bond motifs is 7. The van der Waals surface area contributed by atoms with Crippen LogP contribution in [0.2, 0.25) is 0 Å². The third-order valence-electron chi connectivity index (χ3n) is 19.7. The lowest BCUT2D eigenvalue weighted by Gasteiger charge is -2.71. The number of aliphatic hydroxyl groups excluding tert-OH is 11. The van der Waals surface area contributed by atoms with Gasteiger partial charge >= 0.3 is 5.97 Å². The van der Waals surface area contributed by atoms with Crippen molar-refractivity contribution in [1.82, 2.24) is 0 Å². The van der Waals surface area contributed by atoms with E-state index in [1.807, 2.05) is 0 Å². The molecule has 21 nitrogen and oxygen atoms in total. The van der Waals surface area contributed by atoms with Crippen LogP contribution in [-0.4, -0.2) is 198 Å². The summed E-state index contributed by atoms with van der Waals surface area (Å²) in [4.78, 5) is 15.0. The van der Waals surface area contributed by atoms with E-state index in [1.54, 1.807) is 6.92 Å². The molecule has 8 rings (SSSR count). The molecular weight excluding hydrogens is 945 g/mol. The molecule has 0 radical (unpaired) electrons. The number of aliphatic hydroxyl groups is 11. The van der Waals surface area contributed by atoms with E-state index in [1.165, 1.54) is 6.92 Å². The van der Waals surface area contributed by atoms with E-state index < -0.39 is 166 Å². The standard InChI is InChI=1S/C48H78O21S/c1-21-29(52)31(54)34(57)40(65-21)68-37-25(18-49)66-39(36(59)33(37)56)64-19-26-30(53)32(55)35(58)41(67-26)69-42(60)48-14-12-43(2,3)16-23(48)22-8-9-28-44(4)17-24(51)38(70(61,62)63)45(5,20-50)27(44)10-11-47(28,7)46(22,6)13-15-48/h8,21,23-41,49-59H,9-20H2,1-7H3,(H,61,62,63)/t21-,23-,24+,25+,26+,27+,28+,29-,30+,31+,32-,33+,34+,35+,36+,37+,38-,39+,40-,41-,44-,45-,46+,47+,48-/m0/s1. The molecule has 8 aliphatic rings. The van der Waals surface area contributed by atoms with Crippen molar-refractivity contribution in [2.24, 2.45) is 50.2 Å². The molecule has 402 valence electrons. The molecule has 3 saturated heterocycles. The molecule has 12 N–H and O–H groups in total. The van der Waals surface area contributed by atoms with E-state index in [-0.39, 0.29) is 29.6 Å². The molecular formula is C48H78O21S. The second-order valence-corrected chi connectivity index (χ2v) is 25.5. The Kier molecular flexibility index (Phi) is 14.8. The lowest BCUT2D eigenvalue weighted by atomic mass is 9.33. The molecule has 22 heteroatoms. The highest BCUT2D eigenvalue weighted by Gasteiger charge is 2.72. The van der Waals surface area contributed by atoms with Crippen molar-refractivity contribution in [1.29, 1.82) is 0 Å². The lowest BCUT2D eigenvalue weighted by Crippen LogP contribution is -2.69. The van der Waals surface area contributed by atoms with E-state index in [9.17, 15) is 69.1 Å². The molecule has 0 unspecified atom stereocenters. The normalized spacial score (nSPS) is 53.6. The summed E-state index contributed by atoms with van der Waals surface area (Å²) < 4.78 is 70.5. The topological polar surface area (TPSA) is 349 Å². The number of rotatable bonds is 10. The maximum Gasteiger partial charge on any atom is 0.315 e. The zero-order chi connectivity index (χ0) is 51.6. The molecule has 7 fully saturated rings. The summed E-state index contributed by atoms with van der Waals surface area (Å²) in [6, 6.07) is 0. The molecule has 0 aromatic rings. The molecule has 3 aliphatic heterocycles. The Labute approximate surface area is 408 Å². The second-order valence-electron chi connectivity index (χ2n) is 24.0. The SMILES string of the molecule is C[C@@H]1O[C@@H](O[C@H]2[C@H](O)[C@@H](O)[C@H](OC[C@H]3O[C@@H](OC(=O)[C@]45CCC(C)(C)C[C@H]4C4=CC[C@@H]6[C@@]7(C)C[C@@H](O)[C@H](S(=O)(=O)O)[C@@](C)(CO)[C@@H]7CC[C@@]6(C)[C@]4(C)CC5)[C@H](O)[C@@H](O)[C@@H]3O)O[C@@H]2CO)[C@H](O)[C@H](O)[C@H]1O. The summed E-state index contributed by atoms with van der Waals surface area (Å²) in [5.74, 6) is -1.36. The van der Waals surface area contributed by atoms with Crippen molar-refractivity contribution < 1.29 is 102 Å². The molecule has 3 heterocycles. The molecule has 25 atom stereocenters. The number of carbonyl (C=O) groups is 1. The Morgan fingerprint density at radius 2 is 1.33 bits per heavy atom. The highest BCUT2D eigenvalue weighted by Crippen LogP contribution is 2.76. The fourth-order valence-electron chi connectivity index (χ4n) is 15.5. The van der Waals surface area contributed by atoms with E-state index in [4.69, 9.17) is 28.4 Å². The van der Waals surface area contributed by atoms with Crippen LogP contribution in [0.3, 0.4) is 0 Å². The highest BCUT2D eigenvalue weighted by molar-refractivity contribution is 7.86. The van der Waals surface area contributed by atoms with Crippen molar-refractivity contribution in [2.45, 2.75) is 210 Å². The Balaban J connectivity index is 0.992. The number of carbonyl (C=O) groups excluding carboxylic acids is 1. The number of hydrogen-bond donors (Lipinski definition) is 12. The quantitative estimate of drug-likeness (QED) is 0.0710. The molecule has 0 aromatic heterocycles. The van der Waals surface area contributed by atoms with Gasteiger partial charge in [0.15, 0.2) is 12.6 Å². The van der Waals surface area contributed by atoms with Crippen molar-refractivity contribution in [3.63, 3.8) is 0 Å². The van der Waals surface area contributed by atoms with Crippen LogP contribution in [0.4, 0.5) is 0 Å². The van der Waals surface area contributed by atoms with E-state index in [0.29, 0.717) is 51.4 Å². The number of esters is 1. The van der Waals surface area contributed by atoms with E-state index in [0.717, 1.165) is 5.57 Å². The van der Waals surface area contributed by atoms with Crippen LogP contribution >= 0.6 is 0 Å². The van der Waals surface area contributed by atoms with Gasteiger partial charge < -0.3 is 84.6 Å². The smallest absolute Gasteiger partial charge is 0.315 e. The largest absolute Gasteiger partial charge is 0.432 e. The van der Waals surface area contributed by atoms with Crippen LogP contribution in [0.25, 0.3) is 0 Å². The van der Waals surface area contributed by atoms with E-state index >= 15 is 4.79 Å². The Morgan fingerprint density at radius 3 is 1.97 bits per heavy atom. The average Bonchev–Trinajstić information content (AvgIpc) is 3.28. The molecule has 4 saturated carbocycles. The minimum atomic E-state index is -4.71. The number of hydrogen-bond acceptors (Lipinski definition) is 20. The maximum absolute atomic E-state index is 15.0. The summed E-state index contributed by atoms with van der Waals surface area (Å²) in [5.41, 5.74) is -2.95. The van der Waals surface area contributed by atoms with Gasteiger partial charge in [0.2, 0.25) is 6.29 Å². The van der Waals surface area contributed by atoms with Gasteiger partial charge in [0.1, 0.15) is 72.4 Å². The summed E-state index contributed by atoms with van der Waals surface area (Å²) in [6.07, 6.45) is -19.3. The summed E-state index contributed by atoms with van der Waals surface area (Å²) >= 11 is 0. The molecule has 0 spiro atoms. The van der Waals surface area contributed by atoms with Crippen LogP contribution < -0.4 is 0 Å². The van der Waals surface area contributed by atoms with Crippen molar-refractivity contribution in [3.05, 3.63) is 11.6 Å². The summed E-state index contributed by atoms with van der Waals surface area (Å²) in [7, 11) is -4.71. The molecule has 70 heavy (non-hydrogen) atoms. The monoisotopic (exact) mass is 1020 g/mol. The van der Waals surface area contributed by atoms with Crippen LogP contribution in [0, 0.1) is 50.2 Å². The Hall–Kier alpha value is -1.52. The van der Waals surface area contributed by atoms with Crippen LogP contribution in [-0.2, 0) is 43.3 Å². The first kappa shape index (κ1) is 54.7. The summed E-state index contributed by atoms with van der Waals surface area (Å²) in [5, 5.41) is 117. The van der Waals surface area contributed by atoms with Crippen LogP contribution in [0.15, 0.2) is 11.6 Å². The predicted octanol–water partition coefficient (Wildman–Crippen LogP) is -0.993. The fraction of sp³-hybridized carbons (Fsp3) is 0.938. The average molecular weight is 1020 g/mol. The van der Waals surface area contributed by atoms with Crippen molar-refractivity contribution >= 4 is 16.1 Å². The molecule has 5 aliphatic carbocycles. The van der Waals surface area contributed by atoms with Gasteiger partial charge in [-0.05, 0) is 104 Å². The maximum atomic E-state index is 15.0. The Morgan fingerprint density at radius 1 is 0.714 bits per heavy atom. The lowest BCUT2D eigenvalue weighted by molar-refractivity contribution is -0.361. The van der Waals surface area contributed by atoms with Gasteiger partial charge in [0.05, 0.1) is 37.4 Å². The highest BCUT2D eigenvalue weighted by atomic mass is 32.2. The third kappa shape index (κ3) is 8.56. The predicted molar refractivity (Wildman–Crippen MR) is 241 cm³/mol. The van der Waals surface area contributed by atoms with Gasteiger partial charge in [-0.25, -0.2) is 0 Å². The minimum absolute atomic E-state index is 0.0584. The zero-order valence-corrected chi connectivity index (χ0v) is 41.9. The number of allylic oxidation sites excluding steroid dienone is 2. The van der Waals surface area contributed by atoms with Crippen LogP contribution in [0.1, 0.15) is 106 Å². The number of ether oxygens (including phenoxy) is 6. The molecule has 0 aromatic carbocycles. The van der Waals surface area contributed by atoms with Gasteiger partial charge in [-0.1, -0.05) is 53.2 Å². The van der Waals surface area contributed by atoms with Gasteiger partial charge in [-0.2, -0.15) is 8.42 Å². The Bertz CT molecular complexity index is 2070. The van der Waals surface area contributed by atoms with Gasteiger partial charge in [-0.3, -0.25) is 9.35 Å². The van der Waals surface area contributed by atoms with Gasteiger partial charge in [0.25, 0.3) is 10.1 Å². The first-order valence-electron chi connectivity index (χ1n) is 24.9. The minimum Gasteiger partial charge on any atom is -0.432 e. The second kappa shape index (κ2) is 18.9. The summed E-state index contributed by atoms with van der Waals surface area (Å²) in [6.45, 7) is 12.0. The fourth-order valence-corrected chi connectivity index (χ4v) is 16.9. The van der Waals surface area contributed by atoms with Crippen LogP contribution in [0.5, 0.6) is 0 Å². The van der Waals surface area contributed by atoms with Gasteiger partial charge in [-0.15, -0.1) is 0 Å².